The van der Waals surface area contributed by atoms with Crippen LogP contribution in [0, 0.1) is 20.3 Å². The Hall–Kier alpha value is 0.784. The standard InChI is InChI=1S/C22H39NO5.2C3H5O.Y/c1-23(11-21-15-27-21,12-22-16-28-22)17-7-9-20(10-8-17)26-14-18(24)13-25-19-5-3-2-4-6-19;2*1-3-2-4-3;/h2,17-22,24H,3-16H2,1H3;2*3H,1-2H2;/q;2*-1;+3. The van der Waals surface area contributed by atoms with E-state index in [1.807, 2.05) is 0 Å². The maximum atomic E-state index is 10.2. The number of rotatable bonds is 11. The van der Waals surface area contributed by atoms with Crippen LogP contribution in [0.3, 0.4) is 0 Å². The van der Waals surface area contributed by atoms with Crippen LogP contribution in [0.25, 0.3) is 0 Å². The van der Waals surface area contributed by atoms with Crippen LogP contribution in [0.15, 0.2) is 0 Å². The van der Waals surface area contributed by atoms with Gasteiger partial charge >= 0.3 is 32.7 Å². The molecule has 0 aromatic rings. The monoisotopic (exact) mass is 600 g/mol. The Labute approximate surface area is 249 Å². The maximum Gasteiger partial charge on any atom is 3.00 e. The van der Waals surface area contributed by atoms with Crippen molar-refractivity contribution in [1.82, 2.24) is 0 Å². The average Bonchev–Trinajstić information content (AvgIpc) is 3.64. The molecule has 1 N–H and O–H groups in total. The molecule has 4 aliphatic heterocycles. The third kappa shape index (κ3) is 13.8. The summed E-state index contributed by atoms with van der Waals surface area (Å²) in [6.45, 7) is 13.7. The van der Waals surface area contributed by atoms with Crippen LogP contribution < -0.4 is 0 Å². The maximum absolute atomic E-state index is 10.2. The fourth-order valence-electron chi connectivity index (χ4n) is 5.23. The summed E-state index contributed by atoms with van der Waals surface area (Å²) >= 11 is 0. The van der Waals surface area contributed by atoms with Gasteiger partial charge in [-0.15, -0.1) is 0 Å². The minimum Gasteiger partial charge on any atom is -0.408 e. The molecule has 2 saturated carbocycles. The third-order valence-electron chi connectivity index (χ3n) is 7.81. The molecule has 5 atom stereocenters. The van der Waals surface area contributed by atoms with Gasteiger partial charge in [-0.2, -0.15) is 12.8 Å². The number of aliphatic hydroxyl groups is 1. The van der Waals surface area contributed by atoms with Gasteiger partial charge in [0, 0.05) is 26.1 Å². The predicted octanol–water partition coefficient (Wildman–Crippen LogP) is 2.52. The third-order valence-corrected chi connectivity index (χ3v) is 7.81. The molecule has 2 aliphatic carbocycles. The van der Waals surface area contributed by atoms with E-state index in [2.05, 4.69) is 36.8 Å². The summed E-state index contributed by atoms with van der Waals surface area (Å²) in [5, 5.41) is 10.2. The van der Waals surface area contributed by atoms with Gasteiger partial charge in [0.2, 0.25) is 0 Å². The Morgan fingerprint density at radius 2 is 1.19 bits per heavy atom. The molecule has 4 saturated heterocycles. The Kier molecular flexibility index (Phi) is 14.2. The molecule has 8 nitrogen and oxygen atoms in total. The zero-order valence-corrected chi connectivity index (χ0v) is 25.7. The Morgan fingerprint density at radius 3 is 1.57 bits per heavy atom. The van der Waals surface area contributed by atoms with Crippen LogP contribution in [0.5, 0.6) is 0 Å². The number of aliphatic hydroxyl groups excluding tert-OH is 1. The first kappa shape index (κ1) is 32.3. The molecular weight excluding hydrogens is 551 g/mol. The molecule has 5 unspecified atom stereocenters. The second kappa shape index (κ2) is 16.3. The van der Waals surface area contributed by atoms with E-state index in [1.54, 1.807) is 0 Å². The van der Waals surface area contributed by atoms with E-state index < -0.39 is 6.10 Å². The van der Waals surface area contributed by atoms with Crippen LogP contribution in [-0.2, 0) is 61.1 Å². The summed E-state index contributed by atoms with van der Waals surface area (Å²) in [4.78, 5) is 0. The van der Waals surface area contributed by atoms with Gasteiger partial charge in [-0.3, -0.25) is 0 Å². The van der Waals surface area contributed by atoms with Gasteiger partial charge in [0.05, 0.1) is 51.7 Å². The molecule has 6 rings (SSSR count). The molecule has 0 radical (unpaired) electrons. The van der Waals surface area contributed by atoms with Crippen molar-refractivity contribution in [2.45, 2.75) is 100 Å². The van der Waals surface area contributed by atoms with E-state index >= 15 is 0 Å². The Bertz CT molecular complexity index is 590. The molecule has 0 amide bonds. The summed E-state index contributed by atoms with van der Waals surface area (Å²) in [6, 6.07) is 0.671. The number of nitrogens with zero attached hydrogens (tertiary/aromatic N) is 1. The van der Waals surface area contributed by atoms with E-state index in [1.165, 1.54) is 12.8 Å². The largest absolute Gasteiger partial charge is 3.00 e. The predicted molar refractivity (Wildman–Crippen MR) is 136 cm³/mol. The minimum atomic E-state index is -0.510. The molecule has 0 aromatic heterocycles. The molecule has 6 fully saturated rings. The molecule has 210 valence electrons. The number of hydrogen-bond donors (Lipinski definition) is 1. The topological polar surface area (TPSA) is 88.8 Å². The van der Waals surface area contributed by atoms with E-state index in [0.717, 1.165) is 82.5 Å². The number of ether oxygens (including phenoxy) is 6. The van der Waals surface area contributed by atoms with E-state index in [4.69, 9.17) is 18.9 Å². The Morgan fingerprint density at radius 1 is 0.784 bits per heavy atom. The molecule has 9 heteroatoms. The van der Waals surface area contributed by atoms with Gasteiger partial charge in [0.1, 0.15) is 31.4 Å². The van der Waals surface area contributed by atoms with Crippen molar-refractivity contribution < 1.29 is 70.7 Å². The first-order valence-electron chi connectivity index (χ1n) is 14.1. The zero-order valence-electron chi connectivity index (χ0n) is 22.8. The van der Waals surface area contributed by atoms with Crippen LogP contribution in [0.2, 0.25) is 0 Å². The van der Waals surface area contributed by atoms with Crippen LogP contribution in [0.1, 0.15) is 51.4 Å². The first-order chi connectivity index (χ1) is 17.4. The molecular formula is C28H49NO7Y+. The molecule has 0 bridgehead atoms. The van der Waals surface area contributed by atoms with Gasteiger partial charge in [-0.25, -0.2) is 0 Å². The van der Waals surface area contributed by atoms with Crippen molar-refractivity contribution in [3.05, 3.63) is 20.3 Å². The van der Waals surface area contributed by atoms with Crippen LogP contribution >= 0.6 is 0 Å². The van der Waals surface area contributed by atoms with Gasteiger partial charge in [-0.1, -0.05) is 12.8 Å². The summed E-state index contributed by atoms with van der Waals surface area (Å²) in [7, 11) is 2.39. The molecule has 6 aliphatic rings. The van der Waals surface area contributed by atoms with E-state index in [0.29, 0.717) is 49.8 Å². The summed E-state index contributed by atoms with van der Waals surface area (Å²) in [5.74, 6) is 0. The van der Waals surface area contributed by atoms with Gasteiger partial charge in [-0.05, 0) is 25.0 Å². The van der Waals surface area contributed by atoms with Crippen LogP contribution in [0.4, 0.5) is 0 Å². The smallest absolute Gasteiger partial charge is 0.408 e. The number of likely N-dealkylation sites (N-methyl/N-ethyl adjacent to an activating group) is 1. The van der Waals surface area contributed by atoms with Crippen molar-refractivity contribution in [2.24, 2.45) is 0 Å². The van der Waals surface area contributed by atoms with Gasteiger partial charge < -0.3 is 58.3 Å². The fourth-order valence-corrected chi connectivity index (χ4v) is 5.23. The van der Waals surface area contributed by atoms with Crippen LogP contribution in [-0.4, -0.2) is 118 Å². The number of quaternary nitrogens is 1. The molecule has 0 aromatic carbocycles. The zero-order chi connectivity index (χ0) is 25.4. The van der Waals surface area contributed by atoms with Gasteiger partial charge in [0.15, 0.2) is 0 Å². The van der Waals surface area contributed by atoms with E-state index in [9.17, 15) is 5.11 Å². The quantitative estimate of drug-likeness (QED) is 0.222. The SMILES string of the molecule is C[N+](CC1CO1)(CC1CO1)C1CCC(OCC(O)COC2CC[CH-]CC2)CC1.[CH2-]C1CO1.[CH2-]C1CO1.[Y+3]. The molecule has 4 heterocycles. The van der Waals surface area contributed by atoms with Crippen molar-refractivity contribution in [3.8, 4) is 0 Å². The minimum absolute atomic E-state index is 0. The number of hydrogen-bond acceptors (Lipinski definition) is 7. The summed E-state index contributed by atoms with van der Waals surface area (Å²) in [6.07, 6.45) is 13.0. The van der Waals surface area contributed by atoms with Crippen molar-refractivity contribution in [3.63, 3.8) is 0 Å². The summed E-state index contributed by atoms with van der Waals surface area (Å²) in [5.41, 5.74) is 0. The second-order valence-electron chi connectivity index (χ2n) is 11.5. The van der Waals surface area contributed by atoms with Gasteiger partial charge in [0.25, 0.3) is 0 Å². The van der Waals surface area contributed by atoms with Crippen molar-refractivity contribution in [1.29, 1.82) is 0 Å². The Balaban J connectivity index is 0.000000359. The van der Waals surface area contributed by atoms with Crippen molar-refractivity contribution >= 4 is 0 Å². The average molecular weight is 601 g/mol. The first-order valence-corrected chi connectivity index (χ1v) is 14.1. The normalized spacial score (nSPS) is 36.3. The van der Waals surface area contributed by atoms with Crippen molar-refractivity contribution in [2.75, 3.05) is 59.8 Å². The fraction of sp³-hybridized carbons (Fsp3) is 0.893. The number of epoxide rings is 4. The molecule has 0 spiro atoms. The summed E-state index contributed by atoms with van der Waals surface area (Å²) < 4.78 is 33.2. The van der Waals surface area contributed by atoms with E-state index in [-0.39, 0.29) is 38.8 Å². The second-order valence-corrected chi connectivity index (χ2v) is 11.5. The molecule has 37 heavy (non-hydrogen) atoms.